The van der Waals surface area contributed by atoms with Crippen LogP contribution in [-0.2, 0) is 27.8 Å². The fourth-order valence-corrected chi connectivity index (χ4v) is 8.02. The Bertz CT molecular complexity index is 1140. The van der Waals surface area contributed by atoms with Crippen LogP contribution in [0.1, 0.15) is 41.5 Å². The van der Waals surface area contributed by atoms with Crippen molar-refractivity contribution < 1.29 is 28.5 Å². The number of hydrogen-bond donors (Lipinski definition) is 4. The van der Waals surface area contributed by atoms with Crippen molar-refractivity contribution >= 4 is 21.8 Å². The Hall–Kier alpha value is -2.52. The zero-order chi connectivity index (χ0) is 23.8. The fourth-order valence-electron chi connectivity index (χ4n) is 5.38. The molecule has 0 aromatic heterocycles. The highest BCUT2D eigenvalue weighted by Gasteiger charge is 2.64. The molecule has 2 aliphatic rings. The Morgan fingerprint density at radius 3 is 2.18 bits per heavy atom. The predicted octanol–water partition coefficient (Wildman–Crippen LogP) is 1.52. The van der Waals surface area contributed by atoms with Crippen LogP contribution in [0.25, 0.3) is 6.08 Å². The molecule has 1 heterocycles. The third kappa shape index (κ3) is 4.61. The number of fused-ring (bicyclic) bond motifs is 1. The van der Waals surface area contributed by atoms with Crippen LogP contribution in [0.5, 0.6) is 0 Å². The maximum Gasteiger partial charge on any atom is 0.217 e. The minimum absolute atomic E-state index is 0.0648. The molecule has 1 aliphatic heterocycles. The molecule has 8 heteroatoms. The Kier molecular flexibility index (Phi) is 6.46. The van der Waals surface area contributed by atoms with Gasteiger partial charge >= 0.3 is 0 Å². The number of benzene rings is 2. The molecule has 4 N–H and O–H groups in total. The van der Waals surface area contributed by atoms with Gasteiger partial charge in [-0.25, -0.2) is 8.42 Å². The summed E-state index contributed by atoms with van der Waals surface area (Å²) in [7, 11) is -3.58. The van der Waals surface area contributed by atoms with Gasteiger partial charge in [-0.15, -0.1) is 0 Å². The van der Waals surface area contributed by atoms with Crippen molar-refractivity contribution in [2.24, 2.45) is 5.92 Å². The van der Waals surface area contributed by atoms with Gasteiger partial charge in [0.15, 0.2) is 9.84 Å². The average molecular weight is 472 g/mol. The van der Waals surface area contributed by atoms with E-state index in [0.29, 0.717) is 0 Å². The van der Waals surface area contributed by atoms with Gasteiger partial charge in [0.2, 0.25) is 5.91 Å². The fraction of sp³-hybridized carbons (Fsp3) is 0.400. The van der Waals surface area contributed by atoms with E-state index in [1.165, 1.54) is 6.92 Å². The zero-order valence-corrected chi connectivity index (χ0v) is 19.2. The van der Waals surface area contributed by atoms with E-state index >= 15 is 0 Å². The van der Waals surface area contributed by atoms with Crippen LogP contribution >= 0.6 is 0 Å². The largest absolute Gasteiger partial charge is 0.392 e. The summed E-state index contributed by atoms with van der Waals surface area (Å²) < 4.78 is 26.4. The van der Waals surface area contributed by atoms with Crippen molar-refractivity contribution in [2.75, 3.05) is 5.75 Å². The molecule has 0 unspecified atom stereocenters. The van der Waals surface area contributed by atoms with E-state index in [-0.39, 0.29) is 31.3 Å². The summed E-state index contributed by atoms with van der Waals surface area (Å²) in [5.74, 6) is -1.69. The smallest absolute Gasteiger partial charge is 0.217 e. The first-order valence-electron chi connectivity index (χ1n) is 11.0. The number of rotatable bonds is 6. The highest BCUT2D eigenvalue weighted by Crippen LogP contribution is 2.54. The van der Waals surface area contributed by atoms with Crippen LogP contribution < -0.4 is 5.32 Å². The Morgan fingerprint density at radius 2 is 1.64 bits per heavy atom. The summed E-state index contributed by atoms with van der Waals surface area (Å²) in [6.45, 7) is 1.17. The molecule has 2 fully saturated rings. The molecular formula is C25H29NO6S. The molecule has 33 heavy (non-hydrogen) atoms. The van der Waals surface area contributed by atoms with E-state index in [0.717, 1.165) is 22.3 Å². The van der Waals surface area contributed by atoms with Crippen LogP contribution in [0.2, 0.25) is 0 Å². The molecular weight excluding hydrogens is 442 g/mol. The third-order valence-corrected chi connectivity index (χ3v) is 9.12. The molecule has 0 spiro atoms. The van der Waals surface area contributed by atoms with Crippen molar-refractivity contribution in [2.45, 2.75) is 49.4 Å². The first kappa shape index (κ1) is 23.6. The van der Waals surface area contributed by atoms with Gasteiger partial charge in [-0.2, -0.15) is 0 Å². The third-order valence-electron chi connectivity index (χ3n) is 6.84. The molecule has 1 amide bonds. The second kappa shape index (κ2) is 9.02. The second-order valence-corrected chi connectivity index (χ2v) is 11.3. The van der Waals surface area contributed by atoms with Crippen molar-refractivity contribution in [3.8, 4) is 0 Å². The number of carbonyl (C=O) groups excluding carboxylic acids is 1. The highest BCUT2D eigenvalue weighted by molar-refractivity contribution is 7.92. The summed E-state index contributed by atoms with van der Waals surface area (Å²) in [5, 5.41) is 32.3. The average Bonchev–Trinajstić information content (AvgIpc) is 3.25. The van der Waals surface area contributed by atoms with E-state index < -0.39 is 38.6 Å². The van der Waals surface area contributed by atoms with Crippen molar-refractivity contribution in [1.82, 2.24) is 5.32 Å². The van der Waals surface area contributed by atoms with Gasteiger partial charge in [0.05, 0.1) is 29.8 Å². The molecule has 0 radical (unpaired) electrons. The molecule has 1 saturated carbocycles. The summed E-state index contributed by atoms with van der Waals surface area (Å²) >= 11 is 0. The first-order chi connectivity index (χ1) is 15.7. The van der Waals surface area contributed by atoms with Crippen LogP contribution in [0.4, 0.5) is 0 Å². The van der Waals surface area contributed by atoms with Gasteiger partial charge in [0.1, 0.15) is 0 Å². The van der Waals surface area contributed by atoms with E-state index in [1.807, 2.05) is 12.1 Å². The van der Waals surface area contributed by atoms with Gasteiger partial charge in [-0.05, 0) is 28.7 Å². The van der Waals surface area contributed by atoms with Gasteiger partial charge in [-0.3, -0.25) is 4.79 Å². The summed E-state index contributed by atoms with van der Waals surface area (Å²) in [6.07, 6.45) is 3.60. The predicted molar refractivity (Wildman–Crippen MR) is 125 cm³/mol. The minimum atomic E-state index is -3.58. The number of aliphatic hydroxyl groups is 3. The highest BCUT2D eigenvalue weighted by atomic mass is 32.2. The van der Waals surface area contributed by atoms with E-state index in [9.17, 15) is 28.5 Å². The van der Waals surface area contributed by atoms with Crippen molar-refractivity contribution in [3.05, 3.63) is 76.9 Å². The number of nitrogens with one attached hydrogen (secondary N) is 1. The molecule has 1 aliphatic carbocycles. The second-order valence-electron chi connectivity index (χ2n) is 9.06. The number of hydrogen-bond acceptors (Lipinski definition) is 6. The van der Waals surface area contributed by atoms with Gasteiger partial charge in [0, 0.05) is 24.8 Å². The van der Waals surface area contributed by atoms with Gasteiger partial charge in [-0.1, -0.05) is 60.7 Å². The lowest BCUT2D eigenvalue weighted by Crippen LogP contribution is -2.47. The van der Waals surface area contributed by atoms with E-state index in [2.05, 4.69) is 5.32 Å². The lowest BCUT2D eigenvalue weighted by Gasteiger charge is -2.30. The van der Waals surface area contributed by atoms with Crippen LogP contribution in [0.15, 0.2) is 54.6 Å². The Morgan fingerprint density at radius 1 is 1.06 bits per heavy atom. The SMILES string of the molecule is CC(=O)N[C@H]1CS(=O)(=O)[C@H]2[C@@H]1[C@](O)(/C=C/c1ccc(CO)cc1)C[C@@H]2c1ccc(CO)cc1. The normalized spacial score (nSPS) is 30.4. The molecule has 2 aromatic carbocycles. The molecule has 4 rings (SSSR count). The number of amides is 1. The topological polar surface area (TPSA) is 124 Å². The summed E-state index contributed by atoms with van der Waals surface area (Å²) in [6, 6.07) is 13.6. The molecule has 1 saturated heterocycles. The maximum absolute atomic E-state index is 13.2. The number of aliphatic hydroxyl groups excluding tert-OH is 2. The zero-order valence-electron chi connectivity index (χ0n) is 18.4. The number of sulfone groups is 1. The molecule has 5 atom stereocenters. The Labute approximate surface area is 193 Å². The van der Waals surface area contributed by atoms with Crippen LogP contribution in [-0.4, -0.2) is 52.3 Å². The van der Waals surface area contributed by atoms with Crippen molar-refractivity contribution in [1.29, 1.82) is 0 Å². The van der Waals surface area contributed by atoms with Crippen molar-refractivity contribution in [3.63, 3.8) is 0 Å². The van der Waals surface area contributed by atoms with E-state index in [4.69, 9.17) is 0 Å². The van der Waals surface area contributed by atoms with Gasteiger partial charge < -0.3 is 20.6 Å². The van der Waals surface area contributed by atoms with Gasteiger partial charge in [0.25, 0.3) is 0 Å². The standard InChI is InChI=1S/C25H29NO6S/c1-16(29)26-22-15-33(31,32)24-21(20-8-6-19(14-28)7-9-20)12-25(30,23(22)24)11-10-17-2-4-18(13-27)5-3-17/h2-11,21-24,27-28,30H,12-15H2,1H3,(H,26,29)/b11-10+/t21-,22+,23-,24-,25+/m1/s1. The molecule has 176 valence electrons. The summed E-state index contributed by atoms with van der Waals surface area (Å²) in [4.78, 5) is 11.8. The molecule has 0 bridgehead atoms. The van der Waals surface area contributed by atoms with Crippen LogP contribution in [0.3, 0.4) is 0 Å². The first-order valence-corrected chi connectivity index (χ1v) is 12.7. The maximum atomic E-state index is 13.2. The Balaban J connectivity index is 1.74. The lowest BCUT2D eigenvalue weighted by atomic mass is 9.84. The summed E-state index contributed by atoms with van der Waals surface area (Å²) in [5.41, 5.74) is 1.64. The van der Waals surface area contributed by atoms with Crippen LogP contribution in [0, 0.1) is 5.92 Å². The number of carbonyl (C=O) groups is 1. The monoisotopic (exact) mass is 471 g/mol. The quantitative estimate of drug-likeness (QED) is 0.507. The lowest BCUT2D eigenvalue weighted by molar-refractivity contribution is -0.120. The minimum Gasteiger partial charge on any atom is -0.392 e. The molecule has 2 aromatic rings. The van der Waals surface area contributed by atoms with E-state index in [1.54, 1.807) is 48.6 Å². The molecule has 7 nitrogen and oxygen atoms in total.